The fourth-order valence-corrected chi connectivity index (χ4v) is 3.80. The predicted molar refractivity (Wildman–Crippen MR) is 107 cm³/mol. The summed E-state index contributed by atoms with van der Waals surface area (Å²) in [6.07, 6.45) is 1.58. The molecule has 1 saturated heterocycles. The van der Waals surface area contributed by atoms with Gasteiger partial charge in [-0.25, -0.2) is 4.98 Å². The SMILES string of the molecule is Cc1ccc(C)c2c(C)c(C(=O)N3CCN(c4ccc(C#N)cn4)CC3)oc12. The molecule has 0 aliphatic carbocycles. The molecule has 0 spiro atoms. The molecule has 0 unspecified atom stereocenters. The molecule has 0 N–H and O–H groups in total. The van der Waals surface area contributed by atoms with Crippen LogP contribution in [0.3, 0.4) is 0 Å². The number of aromatic nitrogens is 1. The number of carbonyl (C=O) groups is 1. The molecule has 1 aliphatic heterocycles. The number of furan rings is 1. The second-order valence-corrected chi connectivity index (χ2v) is 7.26. The Kier molecular flexibility index (Phi) is 4.52. The standard InChI is InChI=1S/C22H22N4O2/c1-14-4-5-15(2)20-19(14)16(3)21(28-20)22(27)26-10-8-25(9-11-26)18-7-6-17(12-23)13-24-18/h4-7,13H,8-11H2,1-3H3. The Labute approximate surface area is 164 Å². The number of amides is 1. The first-order valence-electron chi connectivity index (χ1n) is 9.39. The highest BCUT2D eigenvalue weighted by molar-refractivity contribution is 6.00. The Morgan fingerprint density at radius 3 is 2.39 bits per heavy atom. The molecule has 6 heteroatoms. The number of aryl methyl sites for hydroxylation is 3. The number of hydrogen-bond donors (Lipinski definition) is 0. The summed E-state index contributed by atoms with van der Waals surface area (Å²) in [6, 6.07) is 9.79. The maximum Gasteiger partial charge on any atom is 0.290 e. The summed E-state index contributed by atoms with van der Waals surface area (Å²) in [5.41, 5.74) is 4.43. The van der Waals surface area contributed by atoms with Crippen molar-refractivity contribution in [3.8, 4) is 6.07 Å². The van der Waals surface area contributed by atoms with Crippen molar-refractivity contribution in [2.24, 2.45) is 0 Å². The molecule has 1 fully saturated rings. The number of rotatable bonds is 2. The summed E-state index contributed by atoms with van der Waals surface area (Å²) >= 11 is 0. The molecular weight excluding hydrogens is 352 g/mol. The monoisotopic (exact) mass is 374 g/mol. The van der Waals surface area contributed by atoms with Crippen molar-refractivity contribution in [2.75, 3.05) is 31.1 Å². The first-order chi connectivity index (χ1) is 13.5. The van der Waals surface area contributed by atoms with Crippen molar-refractivity contribution in [3.05, 3.63) is 58.5 Å². The fourth-order valence-electron chi connectivity index (χ4n) is 3.80. The summed E-state index contributed by atoms with van der Waals surface area (Å²) in [5, 5.41) is 9.94. The van der Waals surface area contributed by atoms with Crippen molar-refractivity contribution >= 4 is 22.7 Å². The van der Waals surface area contributed by atoms with Crippen LogP contribution in [0.2, 0.25) is 0 Å². The van der Waals surface area contributed by atoms with Crippen molar-refractivity contribution in [3.63, 3.8) is 0 Å². The second-order valence-electron chi connectivity index (χ2n) is 7.26. The third-order valence-corrected chi connectivity index (χ3v) is 5.44. The number of anilines is 1. The second kappa shape index (κ2) is 7.01. The summed E-state index contributed by atoms with van der Waals surface area (Å²) in [5.74, 6) is 1.22. The van der Waals surface area contributed by atoms with Crippen LogP contribution < -0.4 is 4.90 Å². The smallest absolute Gasteiger partial charge is 0.290 e. The third-order valence-electron chi connectivity index (χ3n) is 5.44. The van der Waals surface area contributed by atoms with Crippen molar-refractivity contribution < 1.29 is 9.21 Å². The first kappa shape index (κ1) is 18.1. The molecule has 1 aliphatic rings. The highest BCUT2D eigenvalue weighted by Gasteiger charge is 2.27. The molecule has 142 valence electrons. The lowest BCUT2D eigenvalue weighted by molar-refractivity contribution is 0.0716. The van der Waals surface area contributed by atoms with E-state index >= 15 is 0 Å². The Hall–Kier alpha value is -3.33. The van der Waals surface area contributed by atoms with Gasteiger partial charge in [-0.05, 0) is 44.0 Å². The lowest BCUT2D eigenvalue weighted by atomic mass is 10.0. The van der Waals surface area contributed by atoms with Gasteiger partial charge in [-0.1, -0.05) is 12.1 Å². The van der Waals surface area contributed by atoms with Gasteiger partial charge >= 0.3 is 0 Å². The molecule has 2 aromatic heterocycles. The quantitative estimate of drug-likeness (QED) is 0.685. The molecular formula is C22H22N4O2. The van der Waals surface area contributed by atoms with E-state index in [4.69, 9.17) is 9.68 Å². The van der Waals surface area contributed by atoms with Gasteiger partial charge in [0.1, 0.15) is 17.5 Å². The number of pyridine rings is 1. The van der Waals surface area contributed by atoms with Crippen LogP contribution in [0, 0.1) is 32.1 Å². The van der Waals surface area contributed by atoms with Gasteiger partial charge in [0.15, 0.2) is 5.76 Å². The summed E-state index contributed by atoms with van der Waals surface area (Å²) in [6.45, 7) is 8.61. The van der Waals surface area contributed by atoms with Crippen LogP contribution in [-0.2, 0) is 0 Å². The van der Waals surface area contributed by atoms with Crippen molar-refractivity contribution in [2.45, 2.75) is 20.8 Å². The van der Waals surface area contributed by atoms with Crippen molar-refractivity contribution in [1.82, 2.24) is 9.88 Å². The average molecular weight is 374 g/mol. The normalized spacial score (nSPS) is 14.4. The van der Waals surface area contributed by atoms with Crippen LogP contribution >= 0.6 is 0 Å². The van der Waals surface area contributed by atoms with Gasteiger partial charge in [-0.15, -0.1) is 0 Å². The maximum absolute atomic E-state index is 13.1. The van der Waals surface area contributed by atoms with E-state index in [0.717, 1.165) is 33.5 Å². The summed E-state index contributed by atoms with van der Waals surface area (Å²) in [4.78, 5) is 21.4. The zero-order valence-electron chi connectivity index (χ0n) is 16.3. The molecule has 3 aromatic rings. The highest BCUT2D eigenvalue weighted by atomic mass is 16.3. The van der Waals surface area contributed by atoms with Gasteiger partial charge < -0.3 is 14.2 Å². The average Bonchev–Trinajstić information content (AvgIpc) is 3.09. The van der Waals surface area contributed by atoms with E-state index < -0.39 is 0 Å². The van der Waals surface area contributed by atoms with E-state index in [-0.39, 0.29) is 5.91 Å². The van der Waals surface area contributed by atoms with E-state index in [1.807, 2.05) is 37.8 Å². The zero-order valence-corrected chi connectivity index (χ0v) is 16.3. The van der Waals surface area contributed by atoms with Crippen LogP contribution in [0.5, 0.6) is 0 Å². The summed E-state index contributed by atoms with van der Waals surface area (Å²) < 4.78 is 6.01. The van der Waals surface area contributed by atoms with E-state index in [1.54, 1.807) is 12.3 Å². The van der Waals surface area contributed by atoms with E-state index in [1.165, 1.54) is 0 Å². The predicted octanol–water partition coefficient (Wildman–Crippen LogP) is 3.59. The minimum atomic E-state index is -0.0556. The van der Waals surface area contributed by atoms with Crippen LogP contribution in [0.4, 0.5) is 5.82 Å². The molecule has 0 bridgehead atoms. The topological polar surface area (TPSA) is 73.4 Å². The van der Waals surface area contributed by atoms with Gasteiger partial charge in [0, 0.05) is 43.3 Å². The molecule has 6 nitrogen and oxygen atoms in total. The number of fused-ring (bicyclic) bond motifs is 1. The first-order valence-corrected chi connectivity index (χ1v) is 9.39. The minimum absolute atomic E-state index is 0.0556. The molecule has 1 amide bonds. The van der Waals surface area contributed by atoms with Gasteiger partial charge in [0.05, 0.1) is 5.56 Å². The maximum atomic E-state index is 13.1. The summed E-state index contributed by atoms with van der Waals surface area (Å²) in [7, 11) is 0. The molecule has 0 atom stereocenters. The van der Waals surface area contributed by atoms with E-state index in [9.17, 15) is 4.79 Å². The molecule has 0 saturated carbocycles. The van der Waals surface area contributed by atoms with Crippen molar-refractivity contribution in [1.29, 1.82) is 5.26 Å². The van der Waals surface area contributed by atoms with E-state index in [2.05, 4.69) is 22.0 Å². The number of nitrogens with zero attached hydrogens (tertiary/aromatic N) is 4. The molecule has 0 radical (unpaired) electrons. The Balaban J connectivity index is 1.52. The van der Waals surface area contributed by atoms with Crippen LogP contribution in [0.1, 0.15) is 32.8 Å². The minimum Gasteiger partial charge on any atom is -0.450 e. The van der Waals surface area contributed by atoms with Crippen LogP contribution in [0.15, 0.2) is 34.9 Å². The van der Waals surface area contributed by atoms with Gasteiger partial charge in [0.2, 0.25) is 0 Å². The number of nitriles is 1. The van der Waals surface area contributed by atoms with Crippen LogP contribution in [-0.4, -0.2) is 42.0 Å². The largest absolute Gasteiger partial charge is 0.450 e. The Bertz CT molecular complexity index is 1080. The van der Waals surface area contributed by atoms with Gasteiger partial charge in [-0.3, -0.25) is 4.79 Å². The van der Waals surface area contributed by atoms with Crippen LogP contribution in [0.25, 0.3) is 11.0 Å². The fraction of sp³-hybridized carbons (Fsp3) is 0.318. The molecule has 3 heterocycles. The third kappa shape index (κ3) is 2.99. The van der Waals surface area contributed by atoms with E-state index in [0.29, 0.717) is 37.5 Å². The zero-order chi connectivity index (χ0) is 19.8. The number of hydrogen-bond acceptors (Lipinski definition) is 5. The number of piperazine rings is 1. The molecule has 1 aromatic carbocycles. The number of carbonyl (C=O) groups excluding carboxylic acids is 1. The molecule has 28 heavy (non-hydrogen) atoms. The lowest BCUT2D eigenvalue weighted by Crippen LogP contribution is -2.49. The lowest BCUT2D eigenvalue weighted by Gasteiger charge is -2.35. The van der Waals surface area contributed by atoms with Gasteiger partial charge in [0.25, 0.3) is 5.91 Å². The van der Waals surface area contributed by atoms with Gasteiger partial charge in [-0.2, -0.15) is 5.26 Å². The molecule has 4 rings (SSSR count). The Morgan fingerprint density at radius 1 is 1.07 bits per heavy atom. The Morgan fingerprint density at radius 2 is 1.79 bits per heavy atom. The number of benzene rings is 1. The highest BCUT2D eigenvalue weighted by Crippen LogP contribution is 2.31.